The van der Waals surface area contributed by atoms with Crippen LogP contribution in [0.1, 0.15) is 18.9 Å². The molecule has 2 aromatic rings. The van der Waals surface area contributed by atoms with Crippen LogP contribution in [0.25, 0.3) is 0 Å². The number of pyridine rings is 1. The highest BCUT2D eigenvalue weighted by atomic mass is 16.6. The zero-order chi connectivity index (χ0) is 13.7. The van der Waals surface area contributed by atoms with Gasteiger partial charge in [0.05, 0.1) is 11.5 Å². The van der Waals surface area contributed by atoms with Crippen molar-refractivity contribution in [3.05, 3.63) is 46.4 Å². The summed E-state index contributed by atoms with van der Waals surface area (Å²) >= 11 is 0. The van der Waals surface area contributed by atoms with Crippen LogP contribution in [-0.2, 0) is 6.54 Å². The third-order valence-electron chi connectivity index (χ3n) is 2.56. The number of hydrogen-bond acceptors (Lipinski definition) is 5. The lowest BCUT2D eigenvalue weighted by atomic mass is 10.3. The Morgan fingerprint density at radius 2 is 2.26 bits per heavy atom. The summed E-state index contributed by atoms with van der Waals surface area (Å²) in [6, 6.07) is 3.82. The molecule has 0 aromatic carbocycles. The molecule has 19 heavy (non-hydrogen) atoms. The highest BCUT2D eigenvalue weighted by molar-refractivity contribution is 5.35. The Balaban J connectivity index is 2.00. The van der Waals surface area contributed by atoms with Gasteiger partial charge in [-0.1, -0.05) is 13.0 Å². The number of rotatable bonds is 6. The number of nitrogens with one attached hydrogen (secondary N) is 1. The average Bonchev–Trinajstić information content (AvgIpc) is 2.87. The maximum absolute atomic E-state index is 10.5. The molecule has 0 radical (unpaired) electrons. The van der Waals surface area contributed by atoms with Crippen LogP contribution in [0.3, 0.4) is 0 Å². The van der Waals surface area contributed by atoms with Gasteiger partial charge in [-0.15, -0.1) is 0 Å². The summed E-state index contributed by atoms with van der Waals surface area (Å²) in [4.78, 5) is 14.4. The van der Waals surface area contributed by atoms with E-state index in [1.807, 2.05) is 12.1 Å². The van der Waals surface area contributed by atoms with Crippen molar-refractivity contribution in [2.45, 2.75) is 19.9 Å². The molecular weight excluding hydrogens is 246 g/mol. The first-order chi connectivity index (χ1) is 9.19. The largest absolute Gasteiger partial charge is 0.370 e. The zero-order valence-corrected chi connectivity index (χ0v) is 10.6. The Morgan fingerprint density at radius 1 is 1.42 bits per heavy atom. The van der Waals surface area contributed by atoms with Crippen molar-refractivity contribution in [1.29, 1.82) is 0 Å². The minimum atomic E-state index is -0.459. The second-order valence-corrected chi connectivity index (χ2v) is 4.13. The van der Waals surface area contributed by atoms with Crippen LogP contribution >= 0.6 is 0 Å². The summed E-state index contributed by atoms with van der Waals surface area (Å²) < 4.78 is 1.52. The number of anilines is 1. The average molecular weight is 261 g/mol. The van der Waals surface area contributed by atoms with E-state index in [2.05, 4.69) is 22.3 Å². The summed E-state index contributed by atoms with van der Waals surface area (Å²) in [5.74, 6) is 0.831. The van der Waals surface area contributed by atoms with E-state index in [1.165, 1.54) is 17.1 Å². The predicted octanol–water partition coefficient (Wildman–Crippen LogP) is 2.06. The summed E-state index contributed by atoms with van der Waals surface area (Å²) in [6.45, 7) is 3.44. The molecule has 0 aliphatic rings. The van der Waals surface area contributed by atoms with E-state index in [9.17, 15) is 10.1 Å². The van der Waals surface area contributed by atoms with Crippen LogP contribution in [0.5, 0.6) is 0 Å². The van der Waals surface area contributed by atoms with Gasteiger partial charge in [0.2, 0.25) is 0 Å². The number of aromatic nitrogens is 3. The summed E-state index contributed by atoms with van der Waals surface area (Å²) in [5, 5.41) is 17.7. The lowest BCUT2D eigenvalue weighted by Crippen LogP contribution is -2.04. The van der Waals surface area contributed by atoms with Gasteiger partial charge < -0.3 is 5.32 Å². The fourth-order valence-electron chi connectivity index (χ4n) is 1.60. The first-order valence-corrected chi connectivity index (χ1v) is 6.04. The number of nitrogens with zero attached hydrogens (tertiary/aromatic N) is 4. The molecule has 2 rings (SSSR count). The van der Waals surface area contributed by atoms with E-state index in [4.69, 9.17) is 0 Å². The van der Waals surface area contributed by atoms with Gasteiger partial charge in [-0.2, -0.15) is 5.10 Å². The first-order valence-electron chi connectivity index (χ1n) is 6.04. The molecule has 7 nitrogen and oxygen atoms in total. The van der Waals surface area contributed by atoms with Crippen LogP contribution in [0.2, 0.25) is 0 Å². The minimum absolute atomic E-state index is 0.00538. The van der Waals surface area contributed by atoms with Gasteiger partial charge in [-0.3, -0.25) is 14.8 Å². The molecule has 0 saturated carbocycles. The standard InChI is InChI=1S/C12H15N5O2/c1-2-5-13-12-4-3-10(6-14-12)8-16-9-11(7-15-16)17(18)19/h3-4,6-7,9H,2,5,8H2,1H3,(H,13,14). The summed E-state index contributed by atoms with van der Waals surface area (Å²) in [6.07, 6.45) is 5.43. The summed E-state index contributed by atoms with van der Waals surface area (Å²) in [7, 11) is 0. The molecule has 1 N–H and O–H groups in total. The van der Waals surface area contributed by atoms with Gasteiger partial charge in [0.25, 0.3) is 0 Å². The van der Waals surface area contributed by atoms with Crippen LogP contribution < -0.4 is 5.32 Å². The van der Waals surface area contributed by atoms with E-state index in [0.29, 0.717) is 6.54 Å². The number of hydrogen-bond donors (Lipinski definition) is 1. The van der Waals surface area contributed by atoms with E-state index in [-0.39, 0.29) is 5.69 Å². The van der Waals surface area contributed by atoms with Crippen molar-refractivity contribution in [3.63, 3.8) is 0 Å². The molecule has 7 heteroatoms. The third kappa shape index (κ3) is 3.51. The van der Waals surface area contributed by atoms with Crippen LogP contribution in [0.15, 0.2) is 30.7 Å². The SMILES string of the molecule is CCCNc1ccc(Cn2cc([N+](=O)[O-])cn2)cn1. The lowest BCUT2D eigenvalue weighted by Gasteiger charge is -2.05. The second-order valence-electron chi connectivity index (χ2n) is 4.13. The van der Waals surface area contributed by atoms with E-state index in [1.54, 1.807) is 6.20 Å². The Bertz CT molecular complexity index is 550. The fraction of sp³-hybridized carbons (Fsp3) is 0.333. The Hall–Kier alpha value is -2.44. The second kappa shape index (κ2) is 5.94. The highest BCUT2D eigenvalue weighted by Gasteiger charge is 2.08. The normalized spacial score (nSPS) is 10.4. The van der Waals surface area contributed by atoms with Crippen LogP contribution in [0, 0.1) is 10.1 Å². The van der Waals surface area contributed by atoms with Crippen molar-refractivity contribution in [1.82, 2.24) is 14.8 Å². The highest BCUT2D eigenvalue weighted by Crippen LogP contribution is 2.11. The summed E-state index contributed by atoms with van der Waals surface area (Å²) in [5.41, 5.74) is 0.939. The van der Waals surface area contributed by atoms with Gasteiger partial charge >= 0.3 is 5.69 Å². The molecule has 0 spiro atoms. The van der Waals surface area contributed by atoms with Crippen LogP contribution in [-0.4, -0.2) is 26.2 Å². The van der Waals surface area contributed by atoms with Crippen molar-refractivity contribution >= 4 is 11.5 Å². The molecule has 0 fully saturated rings. The Morgan fingerprint density at radius 3 is 2.84 bits per heavy atom. The molecule has 0 unspecified atom stereocenters. The molecule has 100 valence electrons. The fourth-order valence-corrected chi connectivity index (χ4v) is 1.60. The van der Waals surface area contributed by atoms with Crippen molar-refractivity contribution in [3.8, 4) is 0 Å². The number of nitro groups is 1. The van der Waals surface area contributed by atoms with Gasteiger partial charge in [0, 0.05) is 12.7 Å². The van der Waals surface area contributed by atoms with Crippen molar-refractivity contribution in [2.24, 2.45) is 0 Å². The predicted molar refractivity (Wildman–Crippen MR) is 71.0 cm³/mol. The maximum atomic E-state index is 10.5. The molecule has 2 heterocycles. The molecule has 0 saturated heterocycles. The van der Waals surface area contributed by atoms with E-state index >= 15 is 0 Å². The molecule has 0 bridgehead atoms. The Labute approximate surface area is 110 Å². The topological polar surface area (TPSA) is 85.9 Å². The van der Waals surface area contributed by atoms with E-state index in [0.717, 1.165) is 24.3 Å². The maximum Gasteiger partial charge on any atom is 0.307 e. The van der Waals surface area contributed by atoms with Gasteiger partial charge in [-0.25, -0.2) is 4.98 Å². The quantitative estimate of drug-likeness (QED) is 0.635. The van der Waals surface area contributed by atoms with Crippen molar-refractivity contribution < 1.29 is 4.92 Å². The van der Waals surface area contributed by atoms with E-state index < -0.39 is 4.92 Å². The molecule has 0 aliphatic heterocycles. The molecular formula is C12H15N5O2. The zero-order valence-electron chi connectivity index (χ0n) is 10.6. The molecule has 0 aliphatic carbocycles. The first kappa shape index (κ1) is 13.0. The minimum Gasteiger partial charge on any atom is -0.370 e. The molecule has 0 amide bonds. The third-order valence-corrected chi connectivity index (χ3v) is 2.56. The molecule has 0 atom stereocenters. The van der Waals surface area contributed by atoms with Gasteiger partial charge in [0.1, 0.15) is 18.2 Å². The van der Waals surface area contributed by atoms with Crippen LogP contribution in [0.4, 0.5) is 11.5 Å². The van der Waals surface area contributed by atoms with Gasteiger partial charge in [0.15, 0.2) is 0 Å². The van der Waals surface area contributed by atoms with Crippen molar-refractivity contribution in [2.75, 3.05) is 11.9 Å². The van der Waals surface area contributed by atoms with Gasteiger partial charge in [-0.05, 0) is 18.1 Å². The lowest BCUT2D eigenvalue weighted by molar-refractivity contribution is -0.385. The molecule has 2 aromatic heterocycles. The monoisotopic (exact) mass is 261 g/mol. The smallest absolute Gasteiger partial charge is 0.307 e. The Kier molecular flexibility index (Phi) is 4.07.